The van der Waals surface area contributed by atoms with Crippen LogP contribution in [0.15, 0.2) is 48.8 Å². The molecular formula is C23H25FN4O. The van der Waals surface area contributed by atoms with E-state index in [0.717, 1.165) is 18.7 Å². The first-order valence-electron chi connectivity index (χ1n) is 10.1. The van der Waals surface area contributed by atoms with Crippen LogP contribution in [0.2, 0.25) is 0 Å². The second kappa shape index (κ2) is 8.66. The van der Waals surface area contributed by atoms with E-state index in [2.05, 4.69) is 26.3 Å². The second-order valence-corrected chi connectivity index (χ2v) is 7.58. The molecule has 1 aliphatic heterocycles. The molecule has 0 bridgehead atoms. The topological polar surface area (TPSA) is 58.1 Å². The quantitative estimate of drug-likeness (QED) is 0.712. The summed E-state index contributed by atoms with van der Waals surface area (Å²) in [5.74, 6) is -0.526. The summed E-state index contributed by atoms with van der Waals surface area (Å²) in [5, 5.41) is 3.76. The molecular weight excluding hydrogens is 367 g/mol. The van der Waals surface area contributed by atoms with Crippen LogP contribution in [0, 0.1) is 12.7 Å². The molecule has 5 nitrogen and oxygen atoms in total. The van der Waals surface area contributed by atoms with Crippen LogP contribution in [0.3, 0.4) is 0 Å². The molecule has 0 saturated carbocycles. The molecule has 6 heteroatoms. The van der Waals surface area contributed by atoms with Crippen molar-refractivity contribution in [2.45, 2.75) is 32.2 Å². The number of piperidine rings is 1. The summed E-state index contributed by atoms with van der Waals surface area (Å²) in [5.41, 5.74) is 2.81. The van der Waals surface area contributed by atoms with Gasteiger partial charge in [-0.15, -0.1) is 0 Å². The minimum atomic E-state index is -0.358. The number of aryl methyl sites for hydroxylation is 1. The minimum absolute atomic E-state index is 0.0830. The third-order valence-corrected chi connectivity index (χ3v) is 5.50. The molecule has 1 amide bonds. The molecule has 2 aromatic heterocycles. The van der Waals surface area contributed by atoms with Crippen LogP contribution in [0.4, 0.5) is 4.39 Å². The lowest BCUT2D eigenvalue weighted by Crippen LogP contribution is -2.40. The van der Waals surface area contributed by atoms with Gasteiger partial charge in [-0.05, 0) is 62.7 Å². The molecule has 1 saturated heterocycles. The van der Waals surface area contributed by atoms with Crippen molar-refractivity contribution in [3.63, 3.8) is 0 Å². The van der Waals surface area contributed by atoms with Gasteiger partial charge in [0.1, 0.15) is 5.82 Å². The van der Waals surface area contributed by atoms with Crippen molar-refractivity contribution in [2.75, 3.05) is 19.6 Å². The highest BCUT2D eigenvalue weighted by molar-refractivity contribution is 6.06. The fourth-order valence-electron chi connectivity index (χ4n) is 4.07. The smallest absolute Gasteiger partial charge is 0.252 e. The van der Waals surface area contributed by atoms with Crippen LogP contribution in [-0.2, 0) is 0 Å². The monoisotopic (exact) mass is 392 g/mol. The average molecular weight is 392 g/mol. The first-order chi connectivity index (χ1) is 14.1. The largest absolute Gasteiger partial charge is 0.350 e. The Kier molecular flexibility index (Phi) is 5.81. The summed E-state index contributed by atoms with van der Waals surface area (Å²) in [6.07, 6.45) is 7.23. The van der Waals surface area contributed by atoms with Crippen molar-refractivity contribution in [1.82, 2.24) is 20.2 Å². The van der Waals surface area contributed by atoms with Gasteiger partial charge in [0, 0.05) is 36.1 Å². The van der Waals surface area contributed by atoms with E-state index >= 15 is 0 Å². The Morgan fingerprint density at radius 3 is 2.79 bits per heavy atom. The number of likely N-dealkylation sites (tertiary alicyclic amines) is 1. The maximum absolute atomic E-state index is 13.6. The van der Waals surface area contributed by atoms with Crippen molar-refractivity contribution in [1.29, 1.82) is 0 Å². The van der Waals surface area contributed by atoms with E-state index < -0.39 is 0 Å². The Labute approximate surface area is 170 Å². The SMILES string of the molecule is Cc1cc(C(=O)NCC(c2cccnc2)N2CCCCC2)c2ccc(F)cc2n1. The molecule has 4 rings (SSSR count). The van der Waals surface area contributed by atoms with Crippen molar-refractivity contribution >= 4 is 16.8 Å². The highest BCUT2D eigenvalue weighted by Crippen LogP contribution is 2.24. The number of hydrogen-bond donors (Lipinski definition) is 1. The Balaban J connectivity index is 1.57. The van der Waals surface area contributed by atoms with Crippen molar-refractivity contribution in [2.24, 2.45) is 0 Å². The van der Waals surface area contributed by atoms with Crippen LogP contribution < -0.4 is 5.32 Å². The van der Waals surface area contributed by atoms with Crippen LogP contribution in [0.1, 0.15) is 46.9 Å². The number of rotatable bonds is 5. The number of carbonyl (C=O) groups is 1. The molecule has 0 aliphatic carbocycles. The van der Waals surface area contributed by atoms with Gasteiger partial charge in [-0.3, -0.25) is 19.7 Å². The molecule has 3 heterocycles. The zero-order valence-electron chi connectivity index (χ0n) is 16.6. The van der Waals surface area contributed by atoms with Gasteiger partial charge in [-0.2, -0.15) is 0 Å². The predicted molar refractivity (Wildman–Crippen MR) is 111 cm³/mol. The minimum Gasteiger partial charge on any atom is -0.350 e. The molecule has 1 unspecified atom stereocenters. The van der Waals surface area contributed by atoms with Gasteiger partial charge < -0.3 is 5.32 Å². The summed E-state index contributed by atoms with van der Waals surface area (Å²) >= 11 is 0. The van der Waals surface area contributed by atoms with Crippen LogP contribution in [0.5, 0.6) is 0 Å². The summed E-state index contributed by atoms with van der Waals surface area (Å²) in [4.78, 5) is 24.1. The maximum atomic E-state index is 13.6. The van der Waals surface area contributed by atoms with Gasteiger partial charge >= 0.3 is 0 Å². The van der Waals surface area contributed by atoms with Gasteiger partial charge in [-0.25, -0.2) is 4.39 Å². The second-order valence-electron chi connectivity index (χ2n) is 7.58. The first-order valence-corrected chi connectivity index (χ1v) is 10.1. The Hall–Kier alpha value is -2.86. The third kappa shape index (κ3) is 4.43. The lowest BCUT2D eigenvalue weighted by Gasteiger charge is -2.34. The van der Waals surface area contributed by atoms with Crippen LogP contribution in [0.25, 0.3) is 10.9 Å². The summed E-state index contributed by atoms with van der Waals surface area (Å²) < 4.78 is 13.6. The number of pyridine rings is 2. The van der Waals surface area contributed by atoms with E-state index in [-0.39, 0.29) is 17.8 Å². The molecule has 1 fully saturated rings. The van der Waals surface area contributed by atoms with Crippen LogP contribution in [-0.4, -0.2) is 40.4 Å². The van der Waals surface area contributed by atoms with E-state index in [4.69, 9.17) is 0 Å². The fourth-order valence-corrected chi connectivity index (χ4v) is 4.07. The number of halogens is 1. The molecule has 0 radical (unpaired) electrons. The lowest BCUT2D eigenvalue weighted by molar-refractivity contribution is 0.0925. The molecule has 29 heavy (non-hydrogen) atoms. The molecule has 0 spiro atoms. The molecule has 1 atom stereocenters. The average Bonchev–Trinajstić information content (AvgIpc) is 2.74. The molecule has 1 aliphatic rings. The first kappa shape index (κ1) is 19.5. The predicted octanol–water partition coefficient (Wildman–Crippen LogP) is 4.03. The number of aromatic nitrogens is 2. The number of hydrogen-bond acceptors (Lipinski definition) is 4. The van der Waals surface area contributed by atoms with Gasteiger partial charge in [0.2, 0.25) is 0 Å². The van der Waals surface area contributed by atoms with Crippen molar-refractivity contribution in [3.8, 4) is 0 Å². The summed E-state index contributed by atoms with van der Waals surface area (Å²) in [6, 6.07) is 10.2. The van der Waals surface area contributed by atoms with Gasteiger partial charge in [0.05, 0.1) is 17.1 Å². The number of amides is 1. The zero-order chi connectivity index (χ0) is 20.2. The van der Waals surface area contributed by atoms with Gasteiger partial charge in [-0.1, -0.05) is 12.5 Å². The van der Waals surface area contributed by atoms with Gasteiger partial charge in [0.25, 0.3) is 5.91 Å². The highest BCUT2D eigenvalue weighted by atomic mass is 19.1. The molecule has 3 aromatic rings. The van der Waals surface area contributed by atoms with Gasteiger partial charge in [0.15, 0.2) is 0 Å². The van der Waals surface area contributed by atoms with E-state index in [0.29, 0.717) is 28.7 Å². The number of fused-ring (bicyclic) bond motifs is 1. The number of carbonyl (C=O) groups excluding carboxylic acids is 1. The summed E-state index contributed by atoms with van der Waals surface area (Å²) in [7, 11) is 0. The summed E-state index contributed by atoms with van der Waals surface area (Å²) in [6.45, 7) is 4.35. The van der Waals surface area contributed by atoms with E-state index in [1.54, 1.807) is 18.3 Å². The Morgan fingerprint density at radius 1 is 1.21 bits per heavy atom. The Bertz CT molecular complexity index is 997. The normalized spacial score (nSPS) is 15.9. The zero-order valence-corrected chi connectivity index (χ0v) is 16.6. The van der Waals surface area contributed by atoms with E-state index in [1.165, 1.54) is 31.4 Å². The van der Waals surface area contributed by atoms with Crippen LogP contribution >= 0.6 is 0 Å². The Morgan fingerprint density at radius 2 is 2.03 bits per heavy atom. The highest BCUT2D eigenvalue weighted by Gasteiger charge is 2.23. The fraction of sp³-hybridized carbons (Fsp3) is 0.348. The van der Waals surface area contributed by atoms with E-state index in [9.17, 15) is 9.18 Å². The molecule has 150 valence electrons. The standard InChI is InChI=1S/C23H25FN4O/c1-16-12-20(19-8-7-18(24)13-21(19)27-16)23(29)26-15-22(17-6-5-9-25-14-17)28-10-3-2-4-11-28/h5-9,12-14,22H,2-4,10-11,15H2,1H3,(H,26,29). The lowest BCUT2D eigenvalue weighted by atomic mass is 10.0. The van der Waals surface area contributed by atoms with E-state index in [1.807, 2.05) is 19.2 Å². The number of benzene rings is 1. The molecule has 1 aromatic carbocycles. The third-order valence-electron chi connectivity index (χ3n) is 5.50. The van der Waals surface area contributed by atoms with Crippen molar-refractivity contribution in [3.05, 3.63) is 71.4 Å². The van der Waals surface area contributed by atoms with Crippen molar-refractivity contribution < 1.29 is 9.18 Å². The number of nitrogens with one attached hydrogen (secondary N) is 1. The number of nitrogens with zero attached hydrogens (tertiary/aromatic N) is 3. The maximum Gasteiger partial charge on any atom is 0.252 e. The molecule has 1 N–H and O–H groups in total.